The van der Waals surface area contributed by atoms with Crippen LogP contribution in [0.4, 0.5) is 11.6 Å². The van der Waals surface area contributed by atoms with E-state index in [0.717, 1.165) is 0 Å². The van der Waals surface area contributed by atoms with Gasteiger partial charge in [-0.3, -0.25) is 10.1 Å². The third kappa shape index (κ3) is 3.49. The number of aliphatic hydroxyl groups is 1. The highest BCUT2D eigenvalue weighted by Crippen LogP contribution is 2.26. The first-order valence-corrected chi connectivity index (χ1v) is 6.83. The number of hydrogen-bond acceptors (Lipinski definition) is 5. The Hall–Kier alpha value is -2.15. The first-order chi connectivity index (χ1) is 9.81. The summed E-state index contributed by atoms with van der Waals surface area (Å²) >= 11 is 0. The van der Waals surface area contributed by atoms with Gasteiger partial charge in [-0.25, -0.2) is 4.98 Å². The fraction of sp³-hybridized carbons (Fsp3) is 0.500. The highest BCUT2D eigenvalue weighted by atomic mass is 16.6. The summed E-state index contributed by atoms with van der Waals surface area (Å²) in [5, 5.41) is 23.2. The lowest BCUT2D eigenvalue weighted by atomic mass is 9.85. The average Bonchev–Trinajstić information content (AvgIpc) is 2.78. The molecule has 0 aliphatic rings. The van der Waals surface area contributed by atoms with Crippen molar-refractivity contribution in [2.24, 2.45) is 5.41 Å². The number of aromatic nitrogens is 2. The summed E-state index contributed by atoms with van der Waals surface area (Å²) < 4.78 is 0. The molecule has 1 aromatic carbocycles. The molecule has 0 spiro atoms. The van der Waals surface area contributed by atoms with E-state index in [2.05, 4.69) is 36.1 Å². The van der Waals surface area contributed by atoms with Gasteiger partial charge in [0, 0.05) is 24.8 Å². The van der Waals surface area contributed by atoms with Crippen molar-refractivity contribution in [1.29, 1.82) is 0 Å². The molecule has 7 nitrogen and oxygen atoms in total. The molecule has 0 radical (unpaired) electrons. The summed E-state index contributed by atoms with van der Waals surface area (Å²) in [4.78, 5) is 17.8. The first kappa shape index (κ1) is 15.2. The number of nitro benzene ring substituents is 1. The fourth-order valence-corrected chi connectivity index (χ4v) is 2.20. The van der Waals surface area contributed by atoms with Gasteiger partial charge in [-0.1, -0.05) is 20.8 Å². The SMILES string of the molecule is CC(C)(C)C(CCO)Nc1nc2ccc([N+](=O)[O-])cc2[nH]1. The van der Waals surface area contributed by atoms with E-state index in [-0.39, 0.29) is 23.8 Å². The van der Waals surface area contributed by atoms with Crippen LogP contribution < -0.4 is 5.32 Å². The molecule has 0 amide bonds. The number of nitro groups is 1. The van der Waals surface area contributed by atoms with Crippen molar-refractivity contribution in [2.75, 3.05) is 11.9 Å². The number of benzene rings is 1. The quantitative estimate of drug-likeness (QED) is 0.580. The van der Waals surface area contributed by atoms with E-state index in [4.69, 9.17) is 5.11 Å². The maximum Gasteiger partial charge on any atom is 0.271 e. The molecule has 0 saturated carbocycles. The lowest BCUT2D eigenvalue weighted by molar-refractivity contribution is -0.384. The topological polar surface area (TPSA) is 104 Å². The Morgan fingerprint density at radius 3 is 2.76 bits per heavy atom. The Morgan fingerprint density at radius 2 is 2.19 bits per heavy atom. The van der Waals surface area contributed by atoms with E-state index in [1.165, 1.54) is 12.1 Å². The Balaban J connectivity index is 2.28. The van der Waals surface area contributed by atoms with Gasteiger partial charge in [0.15, 0.2) is 0 Å². The maximum absolute atomic E-state index is 10.8. The summed E-state index contributed by atoms with van der Waals surface area (Å²) in [6.45, 7) is 6.32. The van der Waals surface area contributed by atoms with Gasteiger partial charge in [-0.05, 0) is 17.9 Å². The van der Waals surface area contributed by atoms with Crippen LogP contribution in [0.3, 0.4) is 0 Å². The monoisotopic (exact) mass is 292 g/mol. The van der Waals surface area contributed by atoms with Crippen LogP contribution in [0.25, 0.3) is 11.0 Å². The van der Waals surface area contributed by atoms with Crippen molar-refractivity contribution in [2.45, 2.75) is 33.2 Å². The zero-order chi connectivity index (χ0) is 15.6. The normalized spacial score (nSPS) is 13.3. The summed E-state index contributed by atoms with van der Waals surface area (Å²) in [7, 11) is 0. The van der Waals surface area contributed by atoms with Gasteiger partial charge in [0.1, 0.15) is 0 Å². The van der Waals surface area contributed by atoms with Crippen LogP contribution in [-0.2, 0) is 0 Å². The molecule has 0 aliphatic heterocycles. The summed E-state index contributed by atoms with van der Waals surface area (Å²) in [6.07, 6.45) is 0.598. The Bertz CT molecular complexity index is 645. The van der Waals surface area contributed by atoms with Crippen molar-refractivity contribution < 1.29 is 10.0 Å². The number of fused-ring (bicyclic) bond motifs is 1. The molecule has 1 atom stereocenters. The molecule has 0 saturated heterocycles. The number of imidazole rings is 1. The molecular formula is C14H20N4O3. The molecule has 7 heteroatoms. The minimum Gasteiger partial charge on any atom is -0.396 e. The van der Waals surface area contributed by atoms with Gasteiger partial charge in [-0.15, -0.1) is 0 Å². The Kier molecular flexibility index (Phi) is 4.13. The average molecular weight is 292 g/mol. The van der Waals surface area contributed by atoms with E-state index < -0.39 is 4.92 Å². The Labute approximate surface area is 122 Å². The molecule has 2 aromatic rings. The standard InChI is InChI=1S/C14H20N4O3/c1-14(2,3)12(6-7-19)17-13-15-10-5-4-9(18(20)21)8-11(10)16-13/h4-5,8,12,19H,6-7H2,1-3H3,(H2,15,16,17). The number of nitrogens with one attached hydrogen (secondary N) is 2. The van der Waals surface area contributed by atoms with E-state index in [1.54, 1.807) is 6.07 Å². The molecule has 21 heavy (non-hydrogen) atoms. The fourth-order valence-electron chi connectivity index (χ4n) is 2.20. The highest BCUT2D eigenvalue weighted by molar-refractivity contribution is 5.79. The zero-order valence-electron chi connectivity index (χ0n) is 12.4. The number of nitrogens with zero attached hydrogens (tertiary/aromatic N) is 2. The molecule has 3 N–H and O–H groups in total. The van der Waals surface area contributed by atoms with Gasteiger partial charge < -0.3 is 15.4 Å². The van der Waals surface area contributed by atoms with Gasteiger partial charge in [0.05, 0.1) is 16.0 Å². The molecular weight excluding hydrogens is 272 g/mol. The predicted molar refractivity (Wildman–Crippen MR) is 81.3 cm³/mol. The van der Waals surface area contributed by atoms with E-state index in [1.807, 2.05) is 0 Å². The van der Waals surface area contributed by atoms with Crippen molar-refractivity contribution in [3.05, 3.63) is 28.3 Å². The second-order valence-electron chi connectivity index (χ2n) is 6.12. The zero-order valence-corrected chi connectivity index (χ0v) is 12.4. The van der Waals surface area contributed by atoms with Crippen LogP contribution in [0, 0.1) is 15.5 Å². The van der Waals surface area contributed by atoms with Crippen LogP contribution in [-0.4, -0.2) is 32.6 Å². The molecule has 0 bridgehead atoms. The lowest BCUT2D eigenvalue weighted by Gasteiger charge is -2.30. The third-order valence-corrected chi connectivity index (χ3v) is 3.45. The van der Waals surface area contributed by atoms with Crippen molar-refractivity contribution in [1.82, 2.24) is 9.97 Å². The molecule has 2 rings (SSSR count). The minimum atomic E-state index is -0.433. The largest absolute Gasteiger partial charge is 0.396 e. The van der Waals surface area contributed by atoms with Crippen molar-refractivity contribution in [3.8, 4) is 0 Å². The summed E-state index contributed by atoms with van der Waals surface area (Å²) in [6, 6.07) is 4.55. The number of aliphatic hydroxyl groups excluding tert-OH is 1. The molecule has 1 heterocycles. The van der Waals surface area contributed by atoms with Gasteiger partial charge in [0.2, 0.25) is 5.95 Å². The molecule has 1 aromatic heterocycles. The number of non-ortho nitro benzene ring substituents is 1. The van der Waals surface area contributed by atoms with Crippen molar-refractivity contribution in [3.63, 3.8) is 0 Å². The smallest absolute Gasteiger partial charge is 0.271 e. The van der Waals surface area contributed by atoms with Crippen molar-refractivity contribution >= 4 is 22.7 Å². The minimum absolute atomic E-state index is 0.0282. The Morgan fingerprint density at radius 1 is 1.48 bits per heavy atom. The maximum atomic E-state index is 10.8. The summed E-state index contributed by atoms with van der Waals surface area (Å²) in [5.41, 5.74) is 1.26. The second kappa shape index (κ2) is 5.69. The molecule has 114 valence electrons. The lowest BCUT2D eigenvalue weighted by Crippen LogP contribution is -2.35. The highest BCUT2D eigenvalue weighted by Gasteiger charge is 2.25. The number of hydrogen-bond donors (Lipinski definition) is 3. The first-order valence-electron chi connectivity index (χ1n) is 6.83. The predicted octanol–water partition coefficient (Wildman–Crippen LogP) is 2.68. The number of anilines is 1. The van der Waals surface area contributed by atoms with Crippen LogP contribution in [0.15, 0.2) is 18.2 Å². The molecule has 0 fully saturated rings. The number of rotatable bonds is 5. The second-order valence-corrected chi connectivity index (χ2v) is 6.12. The van der Waals surface area contributed by atoms with E-state index >= 15 is 0 Å². The van der Waals surface area contributed by atoms with Crippen LogP contribution in [0.1, 0.15) is 27.2 Å². The van der Waals surface area contributed by atoms with Crippen LogP contribution in [0.2, 0.25) is 0 Å². The summed E-state index contributed by atoms with van der Waals surface area (Å²) in [5.74, 6) is 0.555. The van der Waals surface area contributed by atoms with Crippen LogP contribution in [0.5, 0.6) is 0 Å². The van der Waals surface area contributed by atoms with Crippen LogP contribution >= 0.6 is 0 Å². The van der Waals surface area contributed by atoms with Gasteiger partial charge >= 0.3 is 0 Å². The molecule has 1 unspecified atom stereocenters. The van der Waals surface area contributed by atoms with E-state index in [0.29, 0.717) is 23.4 Å². The third-order valence-electron chi connectivity index (χ3n) is 3.45. The van der Waals surface area contributed by atoms with Gasteiger partial charge in [-0.2, -0.15) is 0 Å². The molecule has 0 aliphatic carbocycles. The van der Waals surface area contributed by atoms with Gasteiger partial charge in [0.25, 0.3) is 5.69 Å². The number of H-pyrrole nitrogens is 1. The van der Waals surface area contributed by atoms with E-state index in [9.17, 15) is 10.1 Å². The number of aromatic amines is 1.